The van der Waals surface area contributed by atoms with Gasteiger partial charge in [-0.3, -0.25) is 9.69 Å². The third-order valence-electron chi connectivity index (χ3n) is 4.12. The Morgan fingerprint density at radius 3 is 2.45 bits per heavy atom. The molecule has 1 heterocycles. The Kier molecular flexibility index (Phi) is 4.86. The van der Waals surface area contributed by atoms with Gasteiger partial charge in [0.2, 0.25) is 0 Å². The van der Waals surface area contributed by atoms with Crippen LogP contribution < -0.4 is 4.74 Å². The molecule has 0 radical (unpaired) electrons. The fourth-order valence-electron chi connectivity index (χ4n) is 2.90. The summed E-state index contributed by atoms with van der Waals surface area (Å²) in [5, 5.41) is 0. The summed E-state index contributed by atoms with van der Waals surface area (Å²) in [5.41, 5.74) is 0.829. The van der Waals surface area contributed by atoms with Crippen molar-refractivity contribution >= 4 is 5.78 Å². The van der Waals surface area contributed by atoms with E-state index in [9.17, 15) is 4.79 Å². The number of carbonyl (C=O) groups excluding carboxylic acids is 1. The molecule has 22 heavy (non-hydrogen) atoms. The van der Waals surface area contributed by atoms with E-state index in [1.807, 2.05) is 60.7 Å². The SMILES string of the molecule is O=C(c1ccccc1)C1CCN(CCOc2ccccc2)C1. The van der Waals surface area contributed by atoms with Crippen LogP contribution in [0.15, 0.2) is 60.7 Å². The average molecular weight is 295 g/mol. The minimum Gasteiger partial charge on any atom is -0.492 e. The van der Waals surface area contributed by atoms with E-state index in [1.54, 1.807) is 0 Å². The van der Waals surface area contributed by atoms with Crippen LogP contribution >= 0.6 is 0 Å². The van der Waals surface area contributed by atoms with E-state index in [4.69, 9.17) is 4.74 Å². The summed E-state index contributed by atoms with van der Waals surface area (Å²) in [6.45, 7) is 3.34. The van der Waals surface area contributed by atoms with Crippen LogP contribution in [0.25, 0.3) is 0 Å². The van der Waals surface area contributed by atoms with E-state index in [0.717, 1.165) is 37.4 Å². The Morgan fingerprint density at radius 2 is 1.73 bits per heavy atom. The molecular weight excluding hydrogens is 274 g/mol. The number of rotatable bonds is 6. The third-order valence-corrected chi connectivity index (χ3v) is 4.12. The second-order valence-corrected chi connectivity index (χ2v) is 5.68. The maximum absolute atomic E-state index is 12.4. The van der Waals surface area contributed by atoms with Crippen LogP contribution in [0.3, 0.4) is 0 Å². The summed E-state index contributed by atoms with van der Waals surface area (Å²) in [4.78, 5) is 14.7. The summed E-state index contributed by atoms with van der Waals surface area (Å²) in [6.07, 6.45) is 0.944. The Bertz CT molecular complexity index is 597. The molecule has 0 amide bonds. The molecular formula is C19H21NO2. The zero-order chi connectivity index (χ0) is 15.2. The van der Waals surface area contributed by atoms with Crippen molar-refractivity contribution in [1.29, 1.82) is 0 Å². The first-order chi connectivity index (χ1) is 10.8. The Balaban J connectivity index is 1.45. The quantitative estimate of drug-likeness (QED) is 0.766. The van der Waals surface area contributed by atoms with Gasteiger partial charge in [-0.25, -0.2) is 0 Å². The molecule has 3 heteroatoms. The standard InChI is InChI=1S/C19H21NO2/c21-19(16-7-3-1-4-8-16)17-11-12-20(15-17)13-14-22-18-9-5-2-6-10-18/h1-10,17H,11-15H2. The molecule has 0 aliphatic carbocycles. The zero-order valence-corrected chi connectivity index (χ0v) is 12.7. The number of hydrogen-bond acceptors (Lipinski definition) is 3. The summed E-state index contributed by atoms with van der Waals surface area (Å²) in [5.74, 6) is 1.30. The van der Waals surface area contributed by atoms with Gasteiger partial charge in [-0.1, -0.05) is 48.5 Å². The van der Waals surface area contributed by atoms with E-state index in [2.05, 4.69) is 4.90 Å². The highest BCUT2D eigenvalue weighted by Crippen LogP contribution is 2.20. The van der Waals surface area contributed by atoms with Crippen LogP contribution in [0.5, 0.6) is 5.75 Å². The molecule has 1 aliphatic rings. The van der Waals surface area contributed by atoms with E-state index >= 15 is 0 Å². The van der Waals surface area contributed by atoms with Crippen molar-refractivity contribution in [3.63, 3.8) is 0 Å². The van der Waals surface area contributed by atoms with Gasteiger partial charge >= 0.3 is 0 Å². The fourth-order valence-corrected chi connectivity index (χ4v) is 2.90. The lowest BCUT2D eigenvalue weighted by atomic mass is 9.97. The number of likely N-dealkylation sites (tertiary alicyclic amines) is 1. The second kappa shape index (κ2) is 7.23. The summed E-state index contributed by atoms with van der Waals surface area (Å²) in [7, 11) is 0. The number of hydrogen-bond donors (Lipinski definition) is 0. The Labute approximate surface area is 131 Å². The van der Waals surface area contributed by atoms with Crippen LogP contribution in [0.2, 0.25) is 0 Å². The maximum atomic E-state index is 12.4. The van der Waals surface area contributed by atoms with Gasteiger partial charge < -0.3 is 4.74 Å². The second-order valence-electron chi connectivity index (χ2n) is 5.68. The maximum Gasteiger partial charge on any atom is 0.167 e. The molecule has 3 rings (SSSR count). The van der Waals surface area contributed by atoms with Gasteiger partial charge in [0.25, 0.3) is 0 Å². The van der Waals surface area contributed by atoms with Crippen molar-refractivity contribution < 1.29 is 9.53 Å². The number of carbonyl (C=O) groups is 1. The van der Waals surface area contributed by atoms with E-state index in [1.165, 1.54) is 0 Å². The van der Waals surface area contributed by atoms with E-state index in [0.29, 0.717) is 6.61 Å². The van der Waals surface area contributed by atoms with Crippen molar-refractivity contribution in [3.05, 3.63) is 66.2 Å². The molecule has 0 saturated carbocycles. The number of benzene rings is 2. The van der Waals surface area contributed by atoms with Crippen LogP contribution in [0.4, 0.5) is 0 Å². The summed E-state index contributed by atoms with van der Waals surface area (Å²) in [6, 6.07) is 19.5. The number of para-hydroxylation sites is 1. The van der Waals surface area contributed by atoms with Gasteiger partial charge in [0.05, 0.1) is 0 Å². The van der Waals surface area contributed by atoms with Crippen molar-refractivity contribution in [3.8, 4) is 5.75 Å². The normalized spacial score (nSPS) is 18.3. The zero-order valence-electron chi connectivity index (χ0n) is 12.7. The molecule has 2 aromatic rings. The highest BCUT2D eigenvalue weighted by atomic mass is 16.5. The van der Waals surface area contributed by atoms with Gasteiger partial charge in [-0.05, 0) is 25.1 Å². The summed E-state index contributed by atoms with van der Waals surface area (Å²) < 4.78 is 5.72. The molecule has 0 spiro atoms. The molecule has 1 atom stereocenters. The topological polar surface area (TPSA) is 29.5 Å². The van der Waals surface area contributed by atoms with Crippen molar-refractivity contribution in [1.82, 2.24) is 4.90 Å². The monoisotopic (exact) mass is 295 g/mol. The van der Waals surface area contributed by atoms with Gasteiger partial charge in [-0.2, -0.15) is 0 Å². The molecule has 1 unspecified atom stereocenters. The van der Waals surface area contributed by atoms with Crippen LogP contribution in [-0.4, -0.2) is 36.9 Å². The molecule has 2 aromatic carbocycles. The number of nitrogens with zero attached hydrogens (tertiary/aromatic N) is 1. The van der Waals surface area contributed by atoms with E-state index in [-0.39, 0.29) is 11.7 Å². The van der Waals surface area contributed by atoms with Crippen molar-refractivity contribution in [2.45, 2.75) is 6.42 Å². The van der Waals surface area contributed by atoms with E-state index < -0.39 is 0 Å². The predicted octanol–water partition coefficient (Wildman–Crippen LogP) is 3.27. The van der Waals surface area contributed by atoms with Crippen molar-refractivity contribution in [2.24, 2.45) is 5.92 Å². The van der Waals surface area contributed by atoms with Crippen LogP contribution in [0, 0.1) is 5.92 Å². The van der Waals surface area contributed by atoms with Crippen molar-refractivity contribution in [2.75, 3.05) is 26.2 Å². The van der Waals surface area contributed by atoms with Gasteiger partial charge in [0.15, 0.2) is 5.78 Å². The van der Waals surface area contributed by atoms with Crippen LogP contribution in [-0.2, 0) is 0 Å². The minimum atomic E-state index is 0.124. The van der Waals surface area contributed by atoms with Crippen LogP contribution in [0.1, 0.15) is 16.8 Å². The lowest BCUT2D eigenvalue weighted by molar-refractivity contribution is 0.0921. The van der Waals surface area contributed by atoms with Gasteiger partial charge in [0, 0.05) is 24.6 Å². The number of Topliss-reactive ketones (excluding diaryl/α,β-unsaturated/α-hetero) is 1. The molecule has 3 nitrogen and oxygen atoms in total. The fraction of sp³-hybridized carbons (Fsp3) is 0.316. The highest BCUT2D eigenvalue weighted by Gasteiger charge is 2.28. The number of ketones is 1. The molecule has 114 valence electrons. The molecule has 0 aromatic heterocycles. The number of ether oxygens (including phenoxy) is 1. The molecule has 0 N–H and O–H groups in total. The minimum absolute atomic E-state index is 0.124. The first kappa shape index (κ1) is 14.8. The molecule has 0 bridgehead atoms. The lowest BCUT2D eigenvalue weighted by Gasteiger charge is -2.16. The summed E-state index contributed by atoms with van der Waals surface area (Å²) >= 11 is 0. The molecule has 1 aliphatic heterocycles. The predicted molar refractivity (Wildman–Crippen MR) is 87.3 cm³/mol. The molecule has 1 saturated heterocycles. The lowest BCUT2D eigenvalue weighted by Crippen LogP contribution is -2.27. The molecule has 1 fully saturated rings. The first-order valence-electron chi connectivity index (χ1n) is 7.82. The third kappa shape index (κ3) is 3.74. The average Bonchev–Trinajstić information content (AvgIpc) is 3.05. The first-order valence-corrected chi connectivity index (χ1v) is 7.82. The smallest absolute Gasteiger partial charge is 0.167 e. The largest absolute Gasteiger partial charge is 0.492 e. The Hall–Kier alpha value is -2.13. The highest BCUT2D eigenvalue weighted by molar-refractivity contribution is 5.98. The van der Waals surface area contributed by atoms with Gasteiger partial charge in [0.1, 0.15) is 12.4 Å². The van der Waals surface area contributed by atoms with Gasteiger partial charge in [-0.15, -0.1) is 0 Å². The Morgan fingerprint density at radius 1 is 1.05 bits per heavy atom.